The average Bonchev–Trinajstić information content (AvgIpc) is 3.09. The Morgan fingerprint density at radius 2 is 1.62 bits per heavy atom. The second-order valence-corrected chi connectivity index (χ2v) is 6.54. The third-order valence-electron chi connectivity index (χ3n) is 4.47. The van der Waals surface area contributed by atoms with Gasteiger partial charge in [-0.2, -0.15) is 10.2 Å². The molecule has 1 aromatic heterocycles. The van der Waals surface area contributed by atoms with Crippen LogP contribution in [0.25, 0.3) is 0 Å². The van der Waals surface area contributed by atoms with Crippen molar-refractivity contribution in [3.05, 3.63) is 88.2 Å². The summed E-state index contributed by atoms with van der Waals surface area (Å²) < 4.78 is 1.74. The predicted octanol–water partition coefficient (Wildman–Crippen LogP) is 2.12. The van der Waals surface area contributed by atoms with Gasteiger partial charge in [0.2, 0.25) is 0 Å². The summed E-state index contributed by atoms with van der Waals surface area (Å²) in [6, 6.07) is 12.5. The van der Waals surface area contributed by atoms with Crippen LogP contribution >= 0.6 is 0 Å². The Labute approximate surface area is 167 Å². The summed E-state index contributed by atoms with van der Waals surface area (Å²) in [6.07, 6.45) is 6.82. The minimum atomic E-state index is -1.00. The first-order valence-corrected chi connectivity index (χ1v) is 8.79. The molecule has 0 saturated heterocycles. The lowest BCUT2D eigenvalue weighted by Gasteiger charge is -2.07. The van der Waals surface area contributed by atoms with Gasteiger partial charge < -0.3 is 26.5 Å². The zero-order valence-electron chi connectivity index (χ0n) is 15.6. The topological polar surface area (TPSA) is 139 Å². The average molecular weight is 391 g/mol. The molecule has 29 heavy (non-hydrogen) atoms. The van der Waals surface area contributed by atoms with Crippen LogP contribution in [0.5, 0.6) is 5.75 Å². The van der Waals surface area contributed by atoms with Crippen LogP contribution in [0.1, 0.15) is 38.2 Å². The van der Waals surface area contributed by atoms with Crippen molar-refractivity contribution < 1.29 is 15.0 Å². The van der Waals surface area contributed by atoms with Gasteiger partial charge in [0.25, 0.3) is 0 Å². The van der Waals surface area contributed by atoms with E-state index in [9.17, 15) is 15.0 Å². The molecule has 8 heteroatoms. The lowest BCUT2D eigenvalue weighted by Crippen LogP contribution is -2.00. The molecule has 0 bridgehead atoms. The van der Waals surface area contributed by atoms with Gasteiger partial charge in [-0.15, -0.1) is 0 Å². The van der Waals surface area contributed by atoms with Crippen LogP contribution in [0.4, 0.5) is 0 Å². The van der Waals surface area contributed by atoms with Gasteiger partial charge >= 0.3 is 5.97 Å². The summed E-state index contributed by atoms with van der Waals surface area (Å²) in [6.45, 7) is 0.310. The molecule has 0 amide bonds. The van der Waals surface area contributed by atoms with Crippen LogP contribution in [0.15, 0.2) is 65.1 Å². The third-order valence-corrected chi connectivity index (χ3v) is 4.47. The standard InChI is InChI=1S/C21H21N5O3/c22-24-9-15-3-1-14(2-4-15)7-17-11-26(13-19(17)21(28)29)12-18-8-16(10-25-23)5-6-20(18)27/h1-6,8-11,13,27H,7,12,22-23H2,(H,28,29). The normalized spacial score (nSPS) is 11.4. The van der Waals surface area contributed by atoms with E-state index in [1.807, 2.05) is 24.3 Å². The molecule has 0 aliphatic carbocycles. The highest BCUT2D eigenvalue weighted by atomic mass is 16.4. The Hall–Kier alpha value is -4.07. The first-order valence-electron chi connectivity index (χ1n) is 8.79. The van der Waals surface area contributed by atoms with Crippen molar-refractivity contribution in [2.24, 2.45) is 21.9 Å². The number of benzene rings is 2. The van der Waals surface area contributed by atoms with Gasteiger partial charge in [-0.05, 0) is 46.9 Å². The Kier molecular flexibility index (Phi) is 5.94. The quantitative estimate of drug-likeness (QED) is 0.277. The fraction of sp³-hybridized carbons (Fsp3) is 0.0952. The molecule has 0 spiro atoms. The molecular formula is C21H21N5O3. The van der Waals surface area contributed by atoms with Gasteiger partial charge in [0.05, 0.1) is 24.5 Å². The molecule has 0 radical (unpaired) electrons. The SMILES string of the molecule is NN=Cc1ccc(Cc2cn(Cc3cc(C=NN)ccc3O)cc2C(=O)O)cc1. The van der Waals surface area contributed by atoms with E-state index in [-0.39, 0.29) is 11.3 Å². The van der Waals surface area contributed by atoms with Gasteiger partial charge in [-0.3, -0.25) is 0 Å². The number of aromatic carboxylic acids is 1. The summed E-state index contributed by atoms with van der Waals surface area (Å²) in [5, 5.41) is 26.7. The molecule has 0 aliphatic rings. The molecule has 3 rings (SSSR count). The minimum absolute atomic E-state index is 0.114. The van der Waals surface area contributed by atoms with Crippen molar-refractivity contribution in [3.63, 3.8) is 0 Å². The van der Waals surface area contributed by atoms with Crippen molar-refractivity contribution >= 4 is 18.4 Å². The molecular weight excluding hydrogens is 370 g/mol. The highest BCUT2D eigenvalue weighted by Gasteiger charge is 2.15. The van der Waals surface area contributed by atoms with Crippen LogP contribution < -0.4 is 11.7 Å². The monoisotopic (exact) mass is 391 g/mol. The van der Waals surface area contributed by atoms with Gasteiger partial charge in [-0.25, -0.2) is 4.79 Å². The minimum Gasteiger partial charge on any atom is -0.508 e. The number of rotatable bonds is 7. The fourth-order valence-electron chi connectivity index (χ4n) is 3.10. The number of phenolic OH excluding ortho intramolecular Hbond substituents is 1. The molecule has 1 heterocycles. The lowest BCUT2D eigenvalue weighted by molar-refractivity contribution is 0.0696. The van der Waals surface area contributed by atoms with E-state index in [1.54, 1.807) is 41.4 Å². The number of hydrogen-bond donors (Lipinski definition) is 4. The van der Waals surface area contributed by atoms with Gasteiger partial charge in [0.15, 0.2) is 0 Å². The maximum atomic E-state index is 11.7. The van der Waals surface area contributed by atoms with E-state index < -0.39 is 5.97 Å². The first-order chi connectivity index (χ1) is 14.0. The number of aromatic hydroxyl groups is 1. The molecule has 0 fully saturated rings. The zero-order valence-corrected chi connectivity index (χ0v) is 15.6. The third kappa shape index (κ3) is 4.81. The van der Waals surface area contributed by atoms with E-state index in [0.717, 1.165) is 16.7 Å². The van der Waals surface area contributed by atoms with Crippen molar-refractivity contribution in [1.29, 1.82) is 0 Å². The number of carbonyl (C=O) groups is 1. The van der Waals surface area contributed by atoms with Crippen molar-refractivity contribution in [1.82, 2.24) is 4.57 Å². The molecule has 0 aliphatic heterocycles. The van der Waals surface area contributed by atoms with Gasteiger partial charge in [-0.1, -0.05) is 24.3 Å². The van der Waals surface area contributed by atoms with Crippen LogP contribution in [0.2, 0.25) is 0 Å². The highest BCUT2D eigenvalue weighted by molar-refractivity contribution is 5.89. The number of carboxylic acids is 1. The molecule has 0 atom stereocenters. The second kappa shape index (κ2) is 8.75. The summed E-state index contributed by atoms with van der Waals surface area (Å²) in [4.78, 5) is 11.7. The van der Waals surface area contributed by atoms with Crippen molar-refractivity contribution in [2.45, 2.75) is 13.0 Å². The summed E-state index contributed by atoms with van der Waals surface area (Å²) in [7, 11) is 0. The molecule has 0 unspecified atom stereocenters. The van der Waals surface area contributed by atoms with Crippen LogP contribution in [-0.4, -0.2) is 33.2 Å². The summed E-state index contributed by atoms with van der Waals surface area (Å²) >= 11 is 0. The molecule has 3 aromatic rings. The van der Waals surface area contributed by atoms with E-state index in [0.29, 0.717) is 24.1 Å². The Morgan fingerprint density at radius 1 is 0.966 bits per heavy atom. The highest BCUT2D eigenvalue weighted by Crippen LogP contribution is 2.22. The maximum absolute atomic E-state index is 11.7. The molecule has 6 N–H and O–H groups in total. The predicted molar refractivity (Wildman–Crippen MR) is 111 cm³/mol. The van der Waals surface area contributed by atoms with Crippen LogP contribution in [-0.2, 0) is 13.0 Å². The second-order valence-electron chi connectivity index (χ2n) is 6.54. The largest absolute Gasteiger partial charge is 0.508 e. The van der Waals surface area contributed by atoms with Crippen LogP contribution in [0.3, 0.4) is 0 Å². The molecule has 2 aromatic carbocycles. The van der Waals surface area contributed by atoms with E-state index in [2.05, 4.69) is 10.2 Å². The van der Waals surface area contributed by atoms with E-state index in [1.165, 1.54) is 6.21 Å². The number of phenols is 1. The van der Waals surface area contributed by atoms with Gasteiger partial charge in [0.1, 0.15) is 5.75 Å². The number of nitrogens with zero attached hydrogens (tertiary/aromatic N) is 3. The van der Waals surface area contributed by atoms with E-state index >= 15 is 0 Å². The van der Waals surface area contributed by atoms with Crippen molar-refractivity contribution in [3.8, 4) is 5.75 Å². The number of carboxylic acid groups (broad SMARTS) is 1. The number of aromatic nitrogens is 1. The lowest BCUT2D eigenvalue weighted by atomic mass is 10.0. The molecule has 8 nitrogen and oxygen atoms in total. The Bertz CT molecular complexity index is 1070. The Balaban J connectivity index is 1.87. The zero-order chi connectivity index (χ0) is 20.8. The molecule has 148 valence electrons. The molecule has 0 saturated carbocycles. The first kappa shape index (κ1) is 19.7. The number of nitrogens with two attached hydrogens (primary N) is 2. The summed E-state index contributed by atoms with van der Waals surface area (Å²) in [5.41, 5.74) is 4.10. The van der Waals surface area contributed by atoms with E-state index in [4.69, 9.17) is 11.7 Å². The maximum Gasteiger partial charge on any atom is 0.337 e. The van der Waals surface area contributed by atoms with Crippen molar-refractivity contribution in [2.75, 3.05) is 0 Å². The fourth-order valence-corrected chi connectivity index (χ4v) is 3.10. The Morgan fingerprint density at radius 3 is 2.28 bits per heavy atom. The summed E-state index contributed by atoms with van der Waals surface area (Å²) in [5.74, 6) is 9.44. The van der Waals surface area contributed by atoms with Gasteiger partial charge in [0, 0.05) is 18.0 Å². The number of hydrogen-bond acceptors (Lipinski definition) is 6. The smallest absolute Gasteiger partial charge is 0.337 e. The number of hydrazone groups is 2. The van der Waals surface area contributed by atoms with Crippen LogP contribution in [0, 0.1) is 0 Å².